The summed E-state index contributed by atoms with van der Waals surface area (Å²) >= 11 is 0. The van der Waals surface area contributed by atoms with E-state index in [-0.39, 0.29) is 37.2 Å². The van der Waals surface area contributed by atoms with Crippen molar-refractivity contribution in [3.05, 3.63) is 66.2 Å². The second-order valence-corrected chi connectivity index (χ2v) is 11.7. The van der Waals surface area contributed by atoms with Gasteiger partial charge in [-0.05, 0) is 42.0 Å². The molecule has 5 atom stereocenters. The quantitative estimate of drug-likeness (QED) is 0.156. The Kier molecular flexibility index (Phi) is 12.9. The average Bonchev–Trinajstić information content (AvgIpc) is 3.48. The van der Waals surface area contributed by atoms with Gasteiger partial charge < -0.3 is 30.8 Å². The number of benzene rings is 2. The van der Waals surface area contributed by atoms with Crippen LogP contribution in [-0.2, 0) is 36.8 Å². The number of aromatic amines is 1. The molecule has 11 heteroatoms. The van der Waals surface area contributed by atoms with Gasteiger partial charge in [0.05, 0.1) is 31.0 Å². The molecule has 0 radical (unpaired) electrons. The van der Waals surface area contributed by atoms with Crippen LogP contribution in [0.15, 0.2) is 55.0 Å². The zero-order chi connectivity index (χ0) is 32.2. The highest BCUT2D eigenvalue weighted by atomic mass is 16.5. The monoisotopic (exact) mass is 607 g/mol. The van der Waals surface area contributed by atoms with Gasteiger partial charge in [-0.25, -0.2) is 4.98 Å². The number of nitrogens with one attached hydrogen (secondary N) is 4. The standard InChI is InChI=1S/C33H45N5O6/c1-6-21(4)44-31(41)17-30(40)27(14-20(2)3)37-33(43)29(16-25-18-34-19-35-25)38-32(42)28(36-22(5)39)15-24-12-9-11-23-10-7-8-13-26(23)24/h7-13,18-21,27-30,40H,6,14-17H2,1-5H3,(H,34,35)(H,36,39)(H,37,43)(H,38,42)/t21?,27?,28-,29-,30?/m0/s1. The van der Waals surface area contributed by atoms with E-state index in [0.717, 1.165) is 16.3 Å². The number of imidazole rings is 1. The lowest BCUT2D eigenvalue weighted by molar-refractivity contribution is -0.151. The zero-order valence-corrected chi connectivity index (χ0v) is 26.1. The molecule has 0 saturated heterocycles. The molecule has 0 fully saturated rings. The first-order valence-corrected chi connectivity index (χ1v) is 15.2. The molecule has 2 aromatic carbocycles. The molecule has 0 bridgehead atoms. The maximum Gasteiger partial charge on any atom is 0.308 e. The number of nitrogens with zero attached hydrogens (tertiary/aromatic N) is 1. The molecule has 0 aliphatic rings. The number of carbonyl (C=O) groups is 4. The fraction of sp³-hybridized carbons (Fsp3) is 0.485. The van der Waals surface area contributed by atoms with Gasteiger partial charge >= 0.3 is 5.97 Å². The lowest BCUT2D eigenvalue weighted by Gasteiger charge is -2.29. The number of rotatable bonds is 16. The molecular formula is C33H45N5O6. The SMILES string of the molecule is CCC(C)OC(=O)CC(O)C(CC(C)C)NC(=O)[C@H](Cc1cnc[nH]1)NC(=O)[C@H](Cc1cccc2ccccc12)NC(C)=O. The number of hydrogen-bond donors (Lipinski definition) is 5. The predicted molar refractivity (Wildman–Crippen MR) is 167 cm³/mol. The van der Waals surface area contributed by atoms with Crippen molar-refractivity contribution in [2.45, 2.75) is 97.1 Å². The summed E-state index contributed by atoms with van der Waals surface area (Å²) in [5.41, 5.74) is 1.48. The third-order valence-electron chi connectivity index (χ3n) is 7.41. The summed E-state index contributed by atoms with van der Waals surface area (Å²) in [6.07, 6.45) is 2.59. The van der Waals surface area contributed by atoms with Crippen LogP contribution in [0.2, 0.25) is 0 Å². The van der Waals surface area contributed by atoms with Crippen LogP contribution in [0.3, 0.4) is 0 Å². The molecular weight excluding hydrogens is 562 g/mol. The summed E-state index contributed by atoms with van der Waals surface area (Å²) < 4.78 is 5.32. The highest BCUT2D eigenvalue weighted by molar-refractivity contribution is 5.93. The van der Waals surface area contributed by atoms with E-state index in [1.54, 1.807) is 13.1 Å². The number of esters is 1. The second kappa shape index (κ2) is 16.6. The Hall–Kier alpha value is -4.25. The third-order valence-corrected chi connectivity index (χ3v) is 7.41. The summed E-state index contributed by atoms with van der Waals surface area (Å²) in [5, 5.41) is 21.3. The van der Waals surface area contributed by atoms with E-state index in [0.29, 0.717) is 18.5 Å². The molecule has 238 valence electrons. The minimum absolute atomic E-state index is 0.0825. The topological polar surface area (TPSA) is 163 Å². The average molecular weight is 608 g/mol. The Morgan fingerprint density at radius 3 is 2.27 bits per heavy atom. The van der Waals surface area contributed by atoms with Gasteiger partial charge in [-0.15, -0.1) is 0 Å². The molecule has 3 unspecified atom stereocenters. The van der Waals surface area contributed by atoms with Crippen molar-refractivity contribution in [2.24, 2.45) is 5.92 Å². The number of fused-ring (bicyclic) bond motifs is 1. The smallest absolute Gasteiger partial charge is 0.308 e. The maximum absolute atomic E-state index is 13.7. The predicted octanol–water partition coefficient (Wildman–Crippen LogP) is 2.96. The Morgan fingerprint density at radius 1 is 0.932 bits per heavy atom. The number of carbonyl (C=O) groups excluding carboxylic acids is 4. The molecule has 1 aromatic heterocycles. The first-order valence-electron chi connectivity index (χ1n) is 15.2. The van der Waals surface area contributed by atoms with Gasteiger partial charge in [-0.1, -0.05) is 63.2 Å². The van der Waals surface area contributed by atoms with Crippen LogP contribution in [0.5, 0.6) is 0 Å². The minimum Gasteiger partial charge on any atom is -0.463 e. The van der Waals surface area contributed by atoms with Gasteiger partial charge in [0.25, 0.3) is 0 Å². The van der Waals surface area contributed by atoms with Crippen molar-refractivity contribution in [2.75, 3.05) is 0 Å². The van der Waals surface area contributed by atoms with Crippen molar-refractivity contribution in [3.63, 3.8) is 0 Å². The van der Waals surface area contributed by atoms with Gasteiger partial charge in [0.2, 0.25) is 17.7 Å². The molecule has 3 rings (SSSR count). The summed E-state index contributed by atoms with van der Waals surface area (Å²) in [6, 6.07) is 10.8. The zero-order valence-electron chi connectivity index (χ0n) is 26.1. The van der Waals surface area contributed by atoms with Crippen LogP contribution in [0.25, 0.3) is 10.8 Å². The molecule has 0 spiro atoms. The van der Waals surface area contributed by atoms with Gasteiger partial charge in [0, 0.05) is 31.7 Å². The fourth-order valence-corrected chi connectivity index (χ4v) is 5.02. The number of aromatic nitrogens is 2. The molecule has 44 heavy (non-hydrogen) atoms. The Balaban J connectivity index is 1.82. The van der Waals surface area contributed by atoms with Gasteiger partial charge in [0.15, 0.2) is 0 Å². The lowest BCUT2D eigenvalue weighted by atomic mass is 9.96. The molecule has 5 N–H and O–H groups in total. The number of aliphatic hydroxyl groups excluding tert-OH is 1. The summed E-state index contributed by atoms with van der Waals surface area (Å²) in [5.74, 6) is -1.93. The fourth-order valence-electron chi connectivity index (χ4n) is 5.02. The Labute approximate surface area is 258 Å². The molecule has 0 saturated carbocycles. The van der Waals surface area contributed by atoms with E-state index in [2.05, 4.69) is 25.9 Å². The van der Waals surface area contributed by atoms with E-state index in [1.165, 1.54) is 13.3 Å². The summed E-state index contributed by atoms with van der Waals surface area (Å²) in [7, 11) is 0. The lowest BCUT2D eigenvalue weighted by Crippen LogP contribution is -2.57. The summed E-state index contributed by atoms with van der Waals surface area (Å²) in [6.45, 7) is 8.89. The number of H-pyrrole nitrogens is 1. The van der Waals surface area contributed by atoms with Crippen molar-refractivity contribution in [1.29, 1.82) is 0 Å². The van der Waals surface area contributed by atoms with E-state index >= 15 is 0 Å². The number of ether oxygens (including phenoxy) is 1. The molecule has 0 aliphatic heterocycles. The van der Waals surface area contributed by atoms with Gasteiger partial charge in [-0.2, -0.15) is 0 Å². The Bertz CT molecular complexity index is 1390. The largest absolute Gasteiger partial charge is 0.463 e. The van der Waals surface area contributed by atoms with Crippen LogP contribution in [0.4, 0.5) is 0 Å². The first-order chi connectivity index (χ1) is 21.0. The molecule has 11 nitrogen and oxygen atoms in total. The molecule has 3 amide bonds. The number of aliphatic hydroxyl groups is 1. The highest BCUT2D eigenvalue weighted by Crippen LogP contribution is 2.20. The van der Waals surface area contributed by atoms with Crippen LogP contribution in [0, 0.1) is 5.92 Å². The number of hydrogen-bond acceptors (Lipinski definition) is 7. The normalized spacial score (nSPS) is 14.7. The van der Waals surface area contributed by atoms with E-state index in [1.807, 2.05) is 63.2 Å². The maximum atomic E-state index is 13.7. The summed E-state index contributed by atoms with van der Waals surface area (Å²) in [4.78, 5) is 58.9. The van der Waals surface area contributed by atoms with Crippen LogP contribution < -0.4 is 16.0 Å². The van der Waals surface area contributed by atoms with Crippen LogP contribution >= 0.6 is 0 Å². The van der Waals surface area contributed by atoms with Crippen molar-refractivity contribution in [1.82, 2.24) is 25.9 Å². The van der Waals surface area contributed by atoms with E-state index in [9.17, 15) is 24.3 Å². The van der Waals surface area contributed by atoms with Crippen molar-refractivity contribution >= 4 is 34.5 Å². The molecule has 1 heterocycles. The van der Waals surface area contributed by atoms with Crippen molar-refractivity contribution in [3.8, 4) is 0 Å². The first kappa shape index (κ1) is 34.2. The van der Waals surface area contributed by atoms with E-state index in [4.69, 9.17) is 4.74 Å². The van der Waals surface area contributed by atoms with Gasteiger partial charge in [-0.3, -0.25) is 19.2 Å². The Morgan fingerprint density at radius 2 is 1.61 bits per heavy atom. The van der Waals surface area contributed by atoms with Gasteiger partial charge in [0.1, 0.15) is 12.1 Å². The van der Waals surface area contributed by atoms with Crippen molar-refractivity contribution < 1.29 is 29.0 Å². The van der Waals surface area contributed by atoms with E-state index < -0.39 is 42.0 Å². The molecule has 3 aromatic rings. The van der Waals surface area contributed by atoms with Crippen LogP contribution in [-0.4, -0.2) is 69.1 Å². The third kappa shape index (κ3) is 10.5. The molecule has 0 aliphatic carbocycles. The van der Waals surface area contributed by atoms with Crippen LogP contribution in [0.1, 0.15) is 65.1 Å². The minimum atomic E-state index is -1.19. The highest BCUT2D eigenvalue weighted by Gasteiger charge is 2.31. The second-order valence-electron chi connectivity index (χ2n) is 11.7. The number of amides is 3.